The Labute approximate surface area is 519 Å². The second-order valence-electron chi connectivity index (χ2n) is 24.8. The van der Waals surface area contributed by atoms with Crippen molar-refractivity contribution < 1.29 is 42.9 Å². The molecule has 0 saturated carbocycles. The van der Waals surface area contributed by atoms with Crippen molar-refractivity contribution in [3.05, 3.63) is 85.1 Å². The Hall–Kier alpha value is -3.53. The molecule has 0 saturated heterocycles. The number of aliphatic carboxylic acids is 1. The van der Waals surface area contributed by atoms with Crippen LogP contribution in [0.3, 0.4) is 0 Å². The Morgan fingerprint density at radius 1 is 0.369 bits per heavy atom. The van der Waals surface area contributed by atoms with E-state index in [1.54, 1.807) is 0 Å². The monoisotopic (exact) mass is 1180 g/mol. The van der Waals surface area contributed by atoms with E-state index >= 15 is 0 Å². The molecule has 0 aromatic heterocycles. The standard InChI is InChI=1S/C75H133NO8/c1-6-8-10-12-14-16-18-20-22-24-26-28-30-32-34-36-37-38-40-42-44-46-48-50-52-54-56-58-60-62-64-66-73(78)84-71(70-83-75(74(79)80)81-68-67-76(3,4)5)69-82-72(77)65-63-61-59-57-55-53-51-49-47-45-43-41-39-35-33-31-29-27-25-23-21-19-17-15-13-11-9-7-2/h8,10,14,16,20,22,26,28,32,34,37-38,42,44,71,75H,6-7,9,11-13,15,17-19,21,23-25,27,29-31,33,35-36,39-41,43,45-70H2,1-5H3/p+1/b10-8-,16-14-,22-20-,28-26-,34-32-,38-37-,44-42-. The van der Waals surface area contributed by atoms with Crippen molar-refractivity contribution in [1.29, 1.82) is 0 Å². The molecular weight excluding hydrogens is 1040 g/mol. The highest BCUT2D eigenvalue weighted by molar-refractivity contribution is 5.71. The van der Waals surface area contributed by atoms with Gasteiger partial charge in [0.15, 0.2) is 6.10 Å². The second-order valence-corrected chi connectivity index (χ2v) is 24.8. The number of hydrogen-bond donors (Lipinski definition) is 1. The minimum atomic E-state index is -1.52. The second kappa shape index (κ2) is 65.4. The topological polar surface area (TPSA) is 108 Å². The number of rotatable bonds is 65. The molecule has 0 aliphatic carbocycles. The third kappa shape index (κ3) is 66.0. The van der Waals surface area contributed by atoms with E-state index in [4.69, 9.17) is 18.9 Å². The maximum atomic E-state index is 12.9. The number of likely N-dealkylation sites (N-methyl/N-ethyl adjacent to an activating group) is 1. The van der Waals surface area contributed by atoms with E-state index in [2.05, 4.69) is 98.9 Å². The molecule has 9 heteroatoms. The van der Waals surface area contributed by atoms with Gasteiger partial charge in [0, 0.05) is 12.8 Å². The Kier molecular flexibility index (Phi) is 62.7. The molecule has 0 aliphatic rings. The fourth-order valence-electron chi connectivity index (χ4n) is 10.1. The molecule has 0 spiro atoms. The Morgan fingerprint density at radius 2 is 0.679 bits per heavy atom. The van der Waals surface area contributed by atoms with Crippen molar-refractivity contribution in [3.63, 3.8) is 0 Å². The van der Waals surface area contributed by atoms with Gasteiger partial charge < -0.3 is 28.5 Å². The van der Waals surface area contributed by atoms with Gasteiger partial charge in [-0.2, -0.15) is 0 Å². The summed E-state index contributed by atoms with van der Waals surface area (Å²) in [6.45, 7) is 4.80. The average Bonchev–Trinajstić information content (AvgIpc) is 3.51. The largest absolute Gasteiger partial charge is 0.477 e. The first-order chi connectivity index (χ1) is 41.1. The normalized spacial score (nSPS) is 13.2. The first-order valence-electron chi connectivity index (χ1n) is 35.3. The molecule has 0 bridgehead atoms. The van der Waals surface area contributed by atoms with Crippen LogP contribution in [0.1, 0.15) is 316 Å². The van der Waals surface area contributed by atoms with E-state index in [1.807, 2.05) is 21.1 Å². The molecule has 0 heterocycles. The number of carboxylic acid groups (broad SMARTS) is 1. The highest BCUT2D eigenvalue weighted by atomic mass is 16.7. The summed E-state index contributed by atoms with van der Waals surface area (Å²) in [5.41, 5.74) is 0. The Bertz CT molecular complexity index is 1650. The van der Waals surface area contributed by atoms with Gasteiger partial charge in [-0.05, 0) is 70.6 Å². The zero-order chi connectivity index (χ0) is 61.2. The van der Waals surface area contributed by atoms with Crippen LogP contribution in [0.15, 0.2) is 85.1 Å². The number of quaternary nitrogens is 1. The van der Waals surface area contributed by atoms with E-state index < -0.39 is 24.3 Å². The van der Waals surface area contributed by atoms with Crippen LogP contribution in [0.2, 0.25) is 0 Å². The summed E-state index contributed by atoms with van der Waals surface area (Å²) < 4.78 is 23.0. The van der Waals surface area contributed by atoms with Gasteiger partial charge in [-0.15, -0.1) is 0 Å². The molecule has 0 aromatic rings. The van der Waals surface area contributed by atoms with Gasteiger partial charge >= 0.3 is 17.9 Å². The predicted molar refractivity (Wildman–Crippen MR) is 359 cm³/mol. The zero-order valence-electron chi connectivity index (χ0n) is 55.6. The van der Waals surface area contributed by atoms with Gasteiger partial charge in [0.1, 0.15) is 13.2 Å². The van der Waals surface area contributed by atoms with E-state index in [1.165, 1.54) is 193 Å². The lowest BCUT2D eigenvalue weighted by Gasteiger charge is -2.25. The van der Waals surface area contributed by atoms with E-state index in [0.29, 0.717) is 23.9 Å². The number of carboxylic acids is 1. The van der Waals surface area contributed by atoms with Crippen LogP contribution in [0.5, 0.6) is 0 Å². The summed E-state index contributed by atoms with van der Waals surface area (Å²) >= 11 is 0. The van der Waals surface area contributed by atoms with E-state index in [0.717, 1.165) is 89.9 Å². The van der Waals surface area contributed by atoms with Crippen LogP contribution >= 0.6 is 0 Å². The SMILES string of the molecule is CC/C=C\C/C=C\C/C=C\C/C=C\C/C=C\C/C=C\C/C=C\CCCCCCCCCCCC(=O)OC(COC(=O)CCCCCCCCCCCCCCCCCCCCCCCCCCCCCC)COC(OCC[N+](C)(C)C)C(=O)O. The van der Waals surface area contributed by atoms with Crippen molar-refractivity contribution in [3.8, 4) is 0 Å². The summed E-state index contributed by atoms with van der Waals surface area (Å²) in [6.07, 6.45) is 85.5. The van der Waals surface area contributed by atoms with Gasteiger partial charge in [-0.25, -0.2) is 4.79 Å². The number of unbranched alkanes of at least 4 members (excludes halogenated alkanes) is 36. The van der Waals surface area contributed by atoms with E-state index in [-0.39, 0.29) is 32.2 Å². The van der Waals surface area contributed by atoms with Gasteiger partial charge in [0.05, 0.1) is 34.4 Å². The molecule has 0 amide bonds. The zero-order valence-corrected chi connectivity index (χ0v) is 55.6. The highest BCUT2D eigenvalue weighted by Gasteiger charge is 2.25. The van der Waals surface area contributed by atoms with Gasteiger partial charge in [0.2, 0.25) is 0 Å². The molecule has 1 N–H and O–H groups in total. The number of hydrogen-bond acceptors (Lipinski definition) is 7. The van der Waals surface area contributed by atoms with Crippen molar-refractivity contribution in [2.24, 2.45) is 0 Å². The maximum absolute atomic E-state index is 12.9. The van der Waals surface area contributed by atoms with Gasteiger partial charge in [-0.1, -0.05) is 317 Å². The number of ether oxygens (including phenoxy) is 4. The number of nitrogens with zero attached hydrogens (tertiary/aromatic N) is 1. The minimum Gasteiger partial charge on any atom is -0.477 e. The van der Waals surface area contributed by atoms with Gasteiger partial charge in [0.25, 0.3) is 6.29 Å². The summed E-state index contributed by atoms with van der Waals surface area (Å²) in [7, 11) is 5.98. The van der Waals surface area contributed by atoms with Gasteiger partial charge in [-0.3, -0.25) is 9.59 Å². The molecular formula is C75H134NO8+. The quantitative estimate of drug-likeness (QED) is 0.0211. The molecule has 486 valence electrons. The molecule has 0 fully saturated rings. The third-order valence-corrected chi connectivity index (χ3v) is 15.4. The summed E-state index contributed by atoms with van der Waals surface area (Å²) in [5.74, 6) is -2.00. The Morgan fingerprint density at radius 3 is 1.01 bits per heavy atom. The fourth-order valence-corrected chi connectivity index (χ4v) is 10.1. The summed E-state index contributed by atoms with van der Waals surface area (Å²) in [6, 6.07) is 0. The molecule has 0 rings (SSSR count). The highest BCUT2D eigenvalue weighted by Crippen LogP contribution is 2.18. The number of allylic oxidation sites excluding steroid dienone is 14. The minimum absolute atomic E-state index is 0.185. The summed E-state index contributed by atoms with van der Waals surface area (Å²) in [5, 5.41) is 9.75. The lowest BCUT2D eigenvalue weighted by atomic mass is 10.0. The van der Waals surface area contributed by atoms with Crippen LogP contribution in [0.25, 0.3) is 0 Å². The van der Waals surface area contributed by atoms with Crippen LogP contribution in [0.4, 0.5) is 0 Å². The van der Waals surface area contributed by atoms with Crippen LogP contribution < -0.4 is 0 Å². The predicted octanol–water partition coefficient (Wildman–Crippen LogP) is 21.9. The number of carbonyl (C=O) groups excluding carboxylic acids is 2. The molecule has 2 unspecified atom stereocenters. The summed E-state index contributed by atoms with van der Waals surface area (Å²) in [4.78, 5) is 37.6. The van der Waals surface area contributed by atoms with Crippen molar-refractivity contribution >= 4 is 17.9 Å². The average molecular weight is 1180 g/mol. The van der Waals surface area contributed by atoms with Crippen LogP contribution in [-0.4, -0.2) is 87.4 Å². The molecule has 9 nitrogen and oxygen atoms in total. The van der Waals surface area contributed by atoms with Crippen molar-refractivity contribution in [2.75, 3.05) is 47.5 Å². The number of esters is 2. The molecule has 2 atom stereocenters. The molecule has 0 aliphatic heterocycles. The molecule has 84 heavy (non-hydrogen) atoms. The number of carbonyl (C=O) groups is 3. The van der Waals surface area contributed by atoms with Crippen molar-refractivity contribution in [2.45, 2.75) is 328 Å². The lowest BCUT2D eigenvalue weighted by molar-refractivity contribution is -0.870. The first kappa shape index (κ1) is 80.5. The maximum Gasteiger partial charge on any atom is 0.361 e. The van der Waals surface area contributed by atoms with Crippen LogP contribution in [-0.2, 0) is 33.3 Å². The lowest BCUT2D eigenvalue weighted by Crippen LogP contribution is -2.40. The smallest absolute Gasteiger partial charge is 0.361 e. The van der Waals surface area contributed by atoms with E-state index in [9.17, 15) is 19.5 Å². The third-order valence-electron chi connectivity index (χ3n) is 15.4. The first-order valence-corrected chi connectivity index (χ1v) is 35.3. The fraction of sp³-hybridized carbons (Fsp3) is 0.773. The van der Waals surface area contributed by atoms with Crippen molar-refractivity contribution in [1.82, 2.24) is 0 Å². The molecule has 0 radical (unpaired) electrons. The van der Waals surface area contributed by atoms with Crippen LogP contribution in [0, 0.1) is 0 Å². The Balaban J connectivity index is 4.13. The molecule has 0 aromatic carbocycles.